The SMILES string of the molecule is ClCC1CCCCC1CNCC1CCOC1. The van der Waals surface area contributed by atoms with Crippen LogP contribution < -0.4 is 5.32 Å². The minimum absolute atomic E-state index is 0.748. The van der Waals surface area contributed by atoms with Crippen molar-refractivity contribution in [2.24, 2.45) is 17.8 Å². The molecule has 1 saturated carbocycles. The van der Waals surface area contributed by atoms with E-state index in [0.29, 0.717) is 0 Å². The second kappa shape index (κ2) is 6.83. The molecule has 1 saturated heterocycles. The Kier molecular flexibility index (Phi) is 5.40. The fraction of sp³-hybridized carbons (Fsp3) is 1.00. The quantitative estimate of drug-likeness (QED) is 0.752. The van der Waals surface area contributed by atoms with Crippen molar-refractivity contribution in [3.05, 3.63) is 0 Å². The van der Waals surface area contributed by atoms with Gasteiger partial charge in [-0.15, -0.1) is 11.6 Å². The zero-order chi connectivity index (χ0) is 11.2. The zero-order valence-corrected chi connectivity index (χ0v) is 10.8. The van der Waals surface area contributed by atoms with E-state index in [4.69, 9.17) is 16.3 Å². The maximum atomic E-state index is 6.03. The third-order valence-corrected chi connectivity index (χ3v) is 4.52. The summed E-state index contributed by atoms with van der Waals surface area (Å²) in [5.41, 5.74) is 0. The van der Waals surface area contributed by atoms with Gasteiger partial charge in [-0.1, -0.05) is 12.8 Å². The van der Waals surface area contributed by atoms with E-state index in [2.05, 4.69) is 5.32 Å². The molecular weight excluding hydrogens is 222 g/mol. The largest absolute Gasteiger partial charge is 0.381 e. The van der Waals surface area contributed by atoms with Gasteiger partial charge in [0.05, 0.1) is 6.61 Å². The van der Waals surface area contributed by atoms with Crippen LogP contribution in [0.3, 0.4) is 0 Å². The molecule has 94 valence electrons. The Hall–Kier alpha value is 0.210. The van der Waals surface area contributed by atoms with Gasteiger partial charge in [0.1, 0.15) is 0 Å². The summed E-state index contributed by atoms with van der Waals surface area (Å²) in [5, 5.41) is 3.62. The average molecular weight is 246 g/mol. The van der Waals surface area contributed by atoms with Gasteiger partial charge in [-0.3, -0.25) is 0 Å². The molecule has 0 aromatic rings. The summed E-state index contributed by atoms with van der Waals surface area (Å²) in [6.07, 6.45) is 6.71. The van der Waals surface area contributed by atoms with Crippen molar-refractivity contribution in [3.63, 3.8) is 0 Å². The topological polar surface area (TPSA) is 21.3 Å². The van der Waals surface area contributed by atoms with Crippen LogP contribution >= 0.6 is 11.6 Å². The molecule has 0 bridgehead atoms. The van der Waals surface area contributed by atoms with E-state index in [1.54, 1.807) is 0 Å². The molecule has 0 aromatic carbocycles. The lowest BCUT2D eigenvalue weighted by Gasteiger charge is -2.30. The Morgan fingerprint density at radius 3 is 2.56 bits per heavy atom. The maximum absolute atomic E-state index is 6.03. The van der Waals surface area contributed by atoms with Crippen LogP contribution in [0.2, 0.25) is 0 Å². The molecule has 1 heterocycles. The molecule has 0 radical (unpaired) electrons. The molecule has 2 nitrogen and oxygen atoms in total. The smallest absolute Gasteiger partial charge is 0.0507 e. The van der Waals surface area contributed by atoms with Gasteiger partial charge in [0.2, 0.25) is 0 Å². The van der Waals surface area contributed by atoms with Gasteiger partial charge >= 0.3 is 0 Å². The molecule has 1 N–H and O–H groups in total. The second-order valence-corrected chi connectivity index (χ2v) is 5.66. The Bertz CT molecular complexity index is 194. The van der Waals surface area contributed by atoms with Gasteiger partial charge in [0, 0.05) is 19.0 Å². The van der Waals surface area contributed by atoms with Gasteiger partial charge in [0.15, 0.2) is 0 Å². The van der Waals surface area contributed by atoms with Gasteiger partial charge in [0.25, 0.3) is 0 Å². The summed E-state index contributed by atoms with van der Waals surface area (Å²) >= 11 is 6.03. The average Bonchev–Trinajstić information content (AvgIpc) is 2.83. The minimum atomic E-state index is 0.748. The highest BCUT2D eigenvalue weighted by Gasteiger charge is 2.24. The number of hydrogen-bond donors (Lipinski definition) is 1. The van der Waals surface area contributed by atoms with Crippen LogP contribution in [0.1, 0.15) is 32.1 Å². The first-order valence-corrected chi connectivity index (χ1v) is 7.28. The number of hydrogen-bond acceptors (Lipinski definition) is 2. The van der Waals surface area contributed by atoms with Crippen molar-refractivity contribution in [2.75, 3.05) is 32.2 Å². The molecule has 16 heavy (non-hydrogen) atoms. The molecule has 3 unspecified atom stereocenters. The van der Waals surface area contributed by atoms with Crippen LogP contribution in [0.5, 0.6) is 0 Å². The lowest BCUT2D eigenvalue weighted by molar-refractivity contribution is 0.183. The predicted octanol–water partition coefficient (Wildman–Crippen LogP) is 2.66. The molecule has 2 rings (SSSR count). The van der Waals surface area contributed by atoms with Gasteiger partial charge in [-0.25, -0.2) is 0 Å². The van der Waals surface area contributed by atoms with Crippen molar-refractivity contribution >= 4 is 11.6 Å². The highest BCUT2D eigenvalue weighted by molar-refractivity contribution is 6.18. The third-order valence-electron chi connectivity index (χ3n) is 4.13. The van der Waals surface area contributed by atoms with Crippen LogP contribution in [0.25, 0.3) is 0 Å². The second-order valence-electron chi connectivity index (χ2n) is 5.35. The summed E-state index contributed by atoms with van der Waals surface area (Å²) in [7, 11) is 0. The normalized spacial score (nSPS) is 35.4. The highest BCUT2D eigenvalue weighted by Crippen LogP contribution is 2.30. The predicted molar refractivity (Wildman–Crippen MR) is 68.0 cm³/mol. The van der Waals surface area contributed by atoms with E-state index < -0.39 is 0 Å². The number of nitrogens with one attached hydrogen (secondary N) is 1. The molecule has 0 spiro atoms. The maximum Gasteiger partial charge on any atom is 0.0507 e. The molecule has 3 atom stereocenters. The summed E-state index contributed by atoms with van der Waals surface area (Å²) in [4.78, 5) is 0. The molecule has 1 aliphatic heterocycles. The summed E-state index contributed by atoms with van der Waals surface area (Å²) in [6.45, 7) is 4.20. The van der Waals surface area contributed by atoms with Gasteiger partial charge < -0.3 is 10.1 Å². The van der Waals surface area contributed by atoms with Crippen molar-refractivity contribution in [3.8, 4) is 0 Å². The lowest BCUT2D eigenvalue weighted by atomic mass is 9.80. The summed E-state index contributed by atoms with van der Waals surface area (Å²) in [6, 6.07) is 0. The molecule has 2 fully saturated rings. The minimum Gasteiger partial charge on any atom is -0.381 e. The van der Waals surface area contributed by atoms with Crippen LogP contribution in [-0.4, -0.2) is 32.2 Å². The zero-order valence-electron chi connectivity index (χ0n) is 10.1. The number of alkyl halides is 1. The van der Waals surface area contributed by atoms with Crippen LogP contribution in [0.15, 0.2) is 0 Å². The van der Waals surface area contributed by atoms with Crippen molar-refractivity contribution in [1.29, 1.82) is 0 Å². The highest BCUT2D eigenvalue weighted by atomic mass is 35.5. The van der Waals surface area contributed by atoms with Crippen LogP contribution in [0, 0.1) is 17.8 Å². The van der Waals surface area contributed by atoms with Gasteiger partial charge in [-0.2, -0.15) is 0 Å². The third kappa shape index (κ3) is 3.61. The van der Waals surface area contributed by atoms with E-state index in [0.717, 1.165) is 49.9 Å². The van der Waals surface area contributed by atoms with E-state index in [1.807, 2.05) is 0 Å². The van der Waals surface area contributed by atoms with Gasteiger partial charge in [-0.05, 0) is 43.6 Å². The fourth-order valence-corrected chi connectivity index (χ4v) is 3.38. The van der Waals surface area contributed by atoms with Crippen molar-refractivity contribution in [1.82, 2.24) is 5.32 Å². The lowest BCUT2D eigenvalue weighted by Crippen LogP contribution is -2.34. The summed E-state index contributed by atoms with van der Waals surface area (Å²) in [5.74, 6) is 3.16. The Balaban J connectivity index is 1.63. The Labute approximate surface area is 104 Å². The number of ether oxygens (including phenoxy) is 1. The first kappa shape index (κ1) is 12.7. The number of rotatable bonds is 5. The fourth-order valence-electron chi connectivity index (χ4n) is 2.97. The van der Waals surface area contributed by atoms with E-state index in [-0.39, 0.29) is 0 Å². The standard InChI is InChI=1S/C13H24ClNO/c14-7-12-3-1-2-4-13(12)9-15-8-11-5-6-16-10-11/h11-13,15H,1-10H2. The molecule has 2 aliphatic rings. The molecule has 0 amide bonds. The van der Waals surface area contributed by atoms with E-state index >= 15 is 0 Å². The van der Waals surface area contributed by atoms with Crippen molar-refractivity contribution < 1.29 is 4.74 Å². The first-order chi connectivity index (χ1) is 7.90. The number of halogens is 1. The Morgan fingerprint density at radius 2 is 1.88 bits per heavy atom. The molecular formula is C13H24ClNO. The molecule has 1 aliphatic carbocycles. The Morgan fingerprint density at radius 1 is 1.06 bits per heavy atom. The van der Waals surface area contributed by atoms with Crippen LogP contribution in [0.4, 0.5) is 0 Å². The molecule has 3 heteroatoms. The summed E-state index contributed by atoms with van der Waals surface area (Å²) < 4.78 is 5.38. The van der Waals surface area contributed by atoms with E-state index in [1.165, 1.54) is 32.1 Å². The monoisotopic (exact) mass is 245 g/mol. The van der Waals surface area contributed by atoms with Crippen LogP contribution in [-0.2, 0) is 4.74 Å². The van der Waals surface area contributed by atoms with E-state index in [9.17, 15) is 0 Å². The van der Waals surface area contributed by atoms with Crippen molar-refractivity contribution in [2.45, 2.75) is 32.1 Å². The molecule has 0 aromatic heterocycles. The first-order valence-electron chi connectivity index (χ1n) is 6.74.